The molecule has 1 atom stereocenters. The average Bonchev–Trinajstić information content (AvgIpc) is 2.39. The van der Waals surface area contributed by atoms with E-state index in [0.29, 0.717) is 18.2 Å². The first-order valence-electron chi connectivity index (χ1n) is 6.38. The fourth-order valence-corrected chi connectivity index (χ4v) is 2.61. The van der Waals surface area contributed by atoms with Crippen LogP contribution in [-0.4, -0.2) is 37.9 Å². The van der Waals surface area contributed by atoms with Crippen LogP contribution in [0.2, 0.25) is 0 Å². The molecule has 0 bridgehead atoms. The van der Waals surface area contributed by atoms with Crippen LogP contribution in [-0.2, 0) is 4.74 Å². The van der Waals surface area contributed by atoms with Gasteiger partial charge in [-0.05, 0) is 37.0 Å². The quantitative estimate of drug-likeness (QED) is 0.910. The van der Waals surface area contributed by atoms with E-state index in [2.05, 4.69) is 0 Å². The standard InChI is InChI=1S/C14H18FNO3/c1-19-9-10-3-2-6-16(8-10)13-5-4-11(15)7-12(13)14(17)18/h4-5,7,10H,2-3,6,8-9H2,1H3,(H,17,18). The average molecular weight is 267 g/mol. The Morgan fingerprint density at radius 2 is 2.37 bits per heavy atom. The van der Waals surface area contributed by atoms with Crippen molar-refractivity contribution in [1.82, 2.24) is 0 Å². The van der Waals surface area contributed by atoms with Crippen molar-refractivity contribution in [3.8, 4) is 0 Å². The molecule has 0 aromatic heterocycles. The summed E-state index contributed by atoms with van der Waals surface area (Å²) in [6.45, 7) is 2.21. The number of benzene rings is 1. The predicted molar refractivity (Wildman–Crippen MR) is 70.2 cm³/mol. The fraction of sp³-hybridized carbons (Fsp3) is 0.500. The SMILES string of the molecule is COCC1CCCN(c2ccc(F)cc2C(=O)O)C1. The number of hydrogen-bond donors (Lipinski definition) is 1. The lowest BCUT2D eigenvalue weighted by Gasteiger charge is -2.34. The molecule has 4 nitrogen and oxygen atoms in total. The van der Waals surface area contributed by atoms with Gasteiger partial charge in [0, 0.05) is 20.2 Å². The van der Waals surface area contributed by atoms with Crippen molar-refractivity contribution < 1.29 is 19.0 Å². The van der Waals surface area contributed by atoms with Crippen molar-refractivity contribution in [2.45, 2.75) is 12.8 Å². The molecule has 0 aliphatic carbocycles. The van der Waals surface area contributed by atoms with Crippen LogP contribution in [0.25, 0.3) is 0 Å². The molecule has 1 aliphatic rings. The maximum Gasteiger partial charge on any atom is 0.337 e. The minimum Gasteiger partial charge on any atom is -0.478 e. The third-order valence-electron chi connectivity index (χ3n) is 3.45. The predicted octanol–water partition coefficient (Wildman–Crippen LogP) is 2.39. The van der Waals surface area contributed by atoms with Crippen LogP contribution < -0.4 is 4.90 Å². The number of ether oxygens (including phenoxy) is 1. The van der Waals surface area contributed by atoms with Gasteiger partial charge in [-0.15, -0.1) is 0 Å². The number of piperidine rings is 1. The Balaban J connectivity index is 2.23. The third kappa shape index (κ3) is 3.23. The van der Waals surface area contributed by atoms with E-state index >= 15 is 0 Å². The minimum atomic E-state index is -1.09. The third-order valence-corrected chi connectivity index (χ3v) is 3.45. The molecule has 1 saturated heterocycles. The van der Waals surface area contributed by atoms with Crippen LogP contribution in [0, 0.1) is 11.7 Å². The van der Waals surface area contributed by atoms with Gasteiger partial charge in [-0.1, -0.05) is 0 Å². The van der Waals surface area contributed by atoms with Gasteiger partial charge in [0.05, 0.1) is 17.9 Å². The molecule has 1 N–H and O–H groups in total. The Labute approximate surface area is 111 Å². The zero-order valence-corrected chi connectivity index (χ0v) is 10.9. The molecule has 2 rings (SSSR count). The van der Waals surface area contributed by atoms with E-state index in [4.69, 9.17) is 4.74 Å². The number of carboxylic acids is 1. The van der Waals surface area contributed by atoms with E-state index in [9.17, 15) is 14.3 Å². The number of rotatable bonds is 4. The summed E-state index contributed by atoms with van der Waals surface area (Å²) in [6.07, 6.45) is 2.07. The number of halogens is 1. The molecule has 0 amide bonds. The van der Waals surface area contributed by atoms with Crippen molar-refractivity contribution in [3.63, 3.8) is 0 Å². The Hall–Kier alpha value is -1.62. The molecule has 0 spiro atoms. The first-order chi connectivity index (χ1) is 9.11. The highest BCUT2D eigenvalue weighted by Gasteiger charge is 2.23. The Morgan fingerprint density at radius 3 is 3.05 bits per heavy atom. The lowest BCUT2D eigenvalue weighted by atomic mass is 9.97. The molecular weight excluding hydrogens is 249 g/mol. The van der Waals surface area contributed by atoms with Gasteiger partial charge in [-0.25, -0.2) is 9.18 Å². The van der Waals surface area contributed by atoms with Crippen molar-refractivity contribution in [2.24, 2.45) is 5.92 Å². The monoisotopic (exact) mass is 267 g/mol. The van der Waals surface area contributed by atoms with Crippen LogP contribution in [0.3, 0.4) is 0 Å². The molecule has 1 heterocycles. The Bertz CT molecular complexity index is 462. The second kappa shape index (κ2) is 6.02. The van der Waals surface area contributed by atoms with Gasteiger partial charge in [-0.2, -0.15) is 0 Å². The molecule has 1 unspecified atom stereocenters. The van der Waals surface area contributed by atoms with Crippen LogP contribution in [0.4, 0.5) is 10.1 Å². The zero-order chi connectivity index (χ0) is 13.8. The van der Waals surface area contributed by atoms with E-state index in [1.807, 2.05) is 4.90 Å². The van der Waals surface area contributed by atoms with Crippen molar-refractivity contribution in [2.75, 3.05) is 31.7 Å². The largest absolute Gasteiger partial charge is 0.478 e. The molecular formula is C14H18FNO3. The van der Waals surface area contributed by atoms with Crippen molar-refractivity contribution >= 4 is 11.7 Å². The molecule has 19 heavy (non-hydrogen) atoms. The fourth-order valence-electron chi connectivity index (χ4n) is 2.61. The summed E-state index contributed by atoms with van der Waals surface area (Å²) in [5.74, 6) is -1.22. The Kier molecular flexibility index (Phi) is 4.37. The topological polar surface area (TPSA) is 49.8 Å². The number of hydrogen-bond acceptors (Lipinski definition) is 3. The maximum atomic E-state index is 13.2. The van der Waals surface area contributed by atoms with E-state index in [1.165, 1.54) is 6.07 Å². The molecule has 1 aromatic carbocycles. The van der Waals surface area contributed by atoms with Gasteiger partial charge in [0.15, 0.2) is 0 Å². The molecule has 0 saturated carbocycles. The molecule has 0 radical (unpaired) electrons. The number of carbonyl (C=O) groups is 1. The van der Waals surface area contributed by atoms with E-state index in [1.54, 1.807) is 13.2 Å². The van der Waals surface area contributed by atoms with Gasteiger partial charge in [-0.3, -0.25) is 0 Å². The number of carboxylic acid groups (broad SMARTS) is 1. The highest BCUT2D eigenvalue weighted by molar-refractivity contribution is 5.94. The van der Waals surface area contributed by atoms with Gasteiger partial charge < -0.3 is 14.7 Å². The summed E-state index contributed by atoms with van der Waals surface area (Å²) in [4.78, 5) is 13.2. The summed E-state index contributed by atoms with van der Waals surface area (Å²) in [5.41, 5.74) is 0.618. The van der Waals surface area contributed by atoms with Crippen LogP contribution in [0.15, 0.2) is 18.2 Å². The smallest absolute Gasteiger partial charge is 0.337 e. The number of methoxy groups -OCH3 is 1. The molecule has 1 fully saturated rings. The zero-order valence-electron chi connectivity index (χ0n) is 10.9. The summed E-state index contributed by atoms with van der Waals surface area (Å²) < 4.78 is 18.3. The van der Waals surface area contributed by atoms with Gasteiger partial charge >= 0.3 is 5.97 Å². The molecule has 1 aliphatic heterocycles. The summed E-state index contributed by atoms with van der Waals surface area (Å²) in [7, 11) is 1.67. The Morgan fingerprint density at radius 1 is 1.58 bits per heavy atom. The summed E-state index contributed by atoms with van der Waals surface area (Å²) in [5, 5.41) is 9.17. The number of anilines is 1. The van der Waals surface area contributed by atoms with Crippen LogP contribution in [0.1, 0.15) is 23.2 Å². The van der Waals surface area contributed by atoms with Gasteiger partial charge in [0.25, 0.3) is 0 Å². The van der Waals surface area contributed by atoms with E-state index < -0.39 is 11.8 Å². The first kappa shape index (κ1) is 13.8. The van der Waals surface area contributed by atoms with Gasteiger partial charge in [0.1, 0.15) is 5.82 Å². The lowest BCUT2D eigenvalue weighted by molar-refractivity contribution is 0.0696. The summed E-state index contributed by atoms with van der Waals surface area (Å²) in [6, 6.07) is 3.94. The summed E-state index contributed by atoms with van der Waals surface area (Å²) >= 11 is 0. The highest BCUT2D eigenvalue weighted by Crippen LogP contribution is 2.27. The van der Waals surface area contributed by atoms with Crippen LogP contribution in [0.5, 0.6) is 0 Å². The lowest BCUT2D eigenvalue weighted by Crippen LogP contribution is -2.37. The van der Waals surface area contributed by atoms with E-state index in [0.717, 1.165) is 32.0 Å². The highest BCUT2D eigenvalue weighted by atomic mass is 19.1. The number of nitrogens with zero attached hydrogens (tertiary/aromatic N) is 1. The van der Waals surface area contributed by atoms with Crippen LogP contribution >= 0.6 is 0 Å². The molecule has 104 valence electrons. The maximum absolute atomic E-state index is 13.2. The number of aromatic carboxylic acids is 1. The molecule has 5 heteroatoms. The first-order valence-corrected chi connectivity index (χ1v) is 6.38. The van der Waals surface area contributed by atoms with Gasteiger partial charge in [0.2, 0.25) is 0 Å². The van der Waals surface area contributed by atoms with E-state index in [-0.39, 0.29) is 5.56 Å². The second-order valence-corrected chi connectivity index (χ2v) is 4.88. The molecule has 1 aromatic rings. The minimum absolute atomic E-state index is 0.0260. The second-order valence-electron chi connectivity index (χ2n) is 4.88. The van der Waals surface area contributed by atoms with Crippen molar-refractivity contribution in [3.05, 3.63) is 29.6 Å². The normalized spacial score (nSPS) is 19.5. The van der Waals surface area contributed by atoms with Crippen molar-refractivity contribution in [1.29, 1.82) is 0 Å².